The Bertz CT molecular complexity index is 286. The van der Waals surface area contributed by atoms with E-state index in [1.165, 1.54) is 20.6 Å². The fraction of sp³-hybridized carbons (Fsp3) is 0.538. The molecule has 0 spiro atoms. The van der Waals surface area contributed by atoms with Crippen LogP contribution in [0.1, 0.15) is 19.4 Å². The molecule has 0 amide bonds. The van der Waals surface area contributed by atoms with Gasteiger partial charge in [-0.2, -0.15) is 11.8 Å². The van der Waals surface area contributed by atoms with E-state index in [1.807, 2.05) is 11.8 Å². The van der Waals surface area contributed by atoms with Gasteiger partial charge >= 0.3 is 0 Å². The van der Waals surface area contributed by atoms with Gasteiger partial charge in [-0.25, -0.2) is 0 Å². The number of likely N-dealkylation sites (N-methyl/N-ethyl adjacent to an activating group) is 1. The van der Waals surface area contributed by atoms with Crippen molar-refractivity contribution < 1.29 is 0 Å². The zero-order chi connectivity index (χ0) is 11.8. The van der Waals surface area contributed by atoms with Crippen LogP contribution in [0.3, 0.4) is 0 Å². The molecular weight excluding hydrogens is 329 g/mol. The fourth-order valence-corrected chi connectivity index (χ4v) is 2.76. The highest BCUT2D eigenvalue weighted by Crippen LogP contribution is 2.11. The summed E-state index contributed by atoms with van der Waals surface area (Å²) in [6.07, 6.45) is 1.14. The Balaban J connectivity index is 2.49. The highest BCUT2D eigenvalue weighted by Gasteiger charge is 2.07. The van der Waals surface area contributed by atoms with Crippen LogP contribution in [0.2, 0.25) is 0 Å². The van der Waals surface area contributed by atoms with Gasteiger partial charge < -0.3 is 5.32 Å². The Morgan fingerprint density at radius 3 is 2.50 bits per heavy atom. The quantitative estimate of drug-likeness (QED) is 0.756. The van der Waals surface area contributed by atoms with E-state index in [0.29, 0.717) is 6.04 Å². The normalized spacial score (nSPS) is 12.7. The van der Waals surface area contributed by atoms with Crippen LogP contribution in [0.5, 0.6) is 0 Å². The van der Waals surface area contributed by atoms with Crippen LogP contribution in [0.25, 0.3) is 0 Å². The predicted molar refractivity (Wildman–Crippen MR) is 83.3 cm³/mol. The van der Waals surface area contributed by atoms with E-state index in [0.717, 1.165) is 13.0 Å². The van der Waals surface area contributed by atoms with Crippen LogP contribution in [-0.2, 0) is 6.42 Å². The number of thioether (sulfide) groups is 1. The molecule has 0 bridgehead atoms. The molecule has 1 nitrogen and oxygen atoms in total. The van der Waals surface area contributed by atoms with Gasteiger partial charge in [0.1, 0.15) is 0 Å². The summed E-state index contributed by atoms with van der Waals surface area (Å²) < 4.78 is 1.31. The lowest BCUT2D eigenvalue weighted by atomic mass is 10.1. The van der Waals surface area contributed by atoms with Crippen LogP contribution in [0, 0.1) is 3.57 Å². The van der Waals surface area contributed by atoms with E-state index in [2.05, 4.69) is 66.0 Å². The Hall–Kier alpha value is 0.260. The summed E-state index contributed by atoms with van der Waals surface area (Å²) in [5.74, 6) is 2.41. The molecule has 1 atom stereocenters. The Kier molecular flexibility index (Phi) is 7.49. The number of nitrogens with one attached hydrogen (secondary N) is 1. The van der Waals surface area contributed by atoms with E-state index in [9.17, 15) is 0 Å². The largest absolute Gasteiger partial charge is 0.313 e. The van der Waals surface area contributed by atoms with Gasteiger partial charge in [0, 0.05) is 15.4 Å². The van der Waals surface area contributed by atoms with Gasteiger partial charge in [-0.15, -0.1) is 0 Å². The maximum Gasteiger partial charge on any atom is 0.0198 e. The molecule has 1 N–H and O–H groups in total. The second-order valence-electron chi connectivity index (χ2n) is 3.74. The molecule has 0 radical (unpaired) electrons. The molecule has 1 aromatic rings. The van der Waals surface area contributed by atoms with Crippen molar-refractivity contribution in [3.05, 3.63) is 33.4 Å². The maximum absolute atomic E-state index is 3.56. The molecular formula is C13H20INS. The number of benzene rings is 1. The number of halogens is 1. The van der Waals surface area contributed by atoms with E-state index < -0.39 is 0 Å². The summed E-state index contributed by atoms with van der Waals surface area (Å²) >= 11 is 4.36. The lowest BCUT2D eigenvalue weighted by molar-refractivity contribution is 0.572. The average molecular weight is 349 g/mol. The monoisotopic (exact) mass is 349 g/mol. The smallest absolute Gasteiger partial charge is 0.0198 e. The summed E-state index contributed by atoms with van der Waals surface area (Å²) in [4.78, 5) is 0. The minimum atomic E-state index is 0.606. The lowest BCUT2D eigenvalue weighted by Crippen LogP contribution is -2.33. The highest BCUT2D eigenvalue weighted by molar-refractivity contribution is 14.1. The molecule has 3 heteroatoms. The average Bonchev–Trinajstić information content (AvgIpc) is 2.29. The first kappa shape index (κ1) is 14.3. The van der Waals surface area contributed by atoms with Crippen molar-refractivity contribution in [1.82, 2.24) is 5.32 Å². The molecule has 16 heavy (non-hydrogen) atoms. The predicted octanol–water partition coefficient (Wildman–Crippen LogP) is 3.56. The van der Waals surface area contributed by atoms with Crippen molar-refractivity contribution in [2.45, 2.75) is 26.3 Å². The second kappa shape index (κ2) is 8.37. The molecule has 0 aliphatic rings. The van der Waals surface area contributed by atoms with Crippen molar-refractivity contribution in [1.29, 1.82) is 0 Å². The molecule has 0 saturated carbocycles. The summed E-state index contributed by atoms with van der Waals surface area (Å²) in [6, 6.07) is 9.46. The fourth-order valence-electron chi connectivity index (χ4n) is 1.64. The first-order valence-corrected chi connectivity index (χ1v) is 8.05. The van der Waals surface area contributed by atoms with Crippen molar-refractivity contribution >= 4 is 34.4 Å². The molecule has 0 heterocycles. The van der Waals surface area contributed by atoms with Gasteiger partial charge in [-0.05, 0) is 59.0 Å². The minimum absolute atomic E-state index is 0.606. The number of hydrogen-bond donors (Lipinski definition) is 1. The number of rotatable bonds is 7. The summed E-state index contributed by atoms with van der Waals surface area (Å²) in [6.45, 7) is 5.45. The van der Waals surface area contributed by atoms with Crippen LogP contribution >= 0.6 is 34.4 Å². The van der Waals surface area contributed by atoms with E-state index in [-0.39, 0.29) is 0 Å². The Labute approximate surface area is 117 Å². The molecule has 90 valence electrons. The lowest BCUT2D eigenvalue weighted by Gasteiger charge is -2.17. The van der Waals surface area contributed by atoms with Crippen LogP contribution in [0.4, 0.5) is 0 Å². The molecule has 0 aromatic heterocycles. The van der Waals surface area contributed by atoms with Crippen LogP contribution in [-0.4, -0.2) is 24.1 Å². The molecule has 1 rings (SSSR count). The van der Waals surface area contributed by atoms with Gasteiger partial charge in [0.25, 0.3) is 0 Å². The molecule has 1 unspecified atom stereocenters. The van der Waals surface area contributed by atoms with Crippen molar-refractivity contribution in [2.24, 2.45) is 0 Å². The van der Waals surface area contributed by atoms with E-state index >= 15 is 0 Å². The zero-order valence-electron chi connectivity index (χ0n) is 10.0. The molecule has 0 aliphatic heterocycles. The zero-order valence-corrected chi connectivity index (χ0v) is 13.0. The number of hydrogen-bond acceptors (Lipinski definition) is 2. The molecule has 0 fully saturated rings. The first-order chi connectivity index (χ1) is 7.76. The third-order valence-corrected chi connectivity index (χ3v) is 4.18. The highest BCUT2D eigenvalue weighted by atomic mass is 127. The minimum Gasteiger partial charge on any atom is -0.313 e. The van der Waals surface area contributed by atoms with E-state index in [4.69, 9.17) is 0 Å². The summed E-state index contributed by atoms with van der Waals surface area (Å²) in [7, 11) is 0. The molecule has 0 saturated heterocycles. The summed E-state index contributed by atoms with van der Waals surface area (Å²) in [5.41, 5.74) is 1.43. The van der Waals surface area contributed by atoms with E-state index in [1.54, 1.807) is 0 Å². The van der Waals surface area contributed by atoms with Crippen molar-refractivity contribution in [2.75, 3.05) is 18.1 Å². The van der Waals surface area contributed by atoms with Gasteiger partial charge in [0.15, 0.2) is 0 Å². The second-order valence-corrected chi connectivity index (χ2v) is 6.31. The first-order valence-electron chi connectivity index (χ1n) is 5.81. The van der Waals surface area contributed by atoms with Gasteiger partial charge in [-0.1, -0.05) is 26.0 Å². The maximum atomic E-state index is 3.56. The van der Waals surface area contributed by atoms with Crippen LogP contribution in [0.15, 0.2) is 24.3 Å². The van der Waals surface area contributed by atoms with Crippen molar-refractivity contribution in [3.8, 4) is 0 Å². The topological polar surface area (TPSA) is 12.0 Å². The third kappa shape index (κ3) is 5.55. The Morgan fingerprint density at radius 2 is 1.94 bits per heavy atom. The molecule has 1 aromatic carbocycles. The van der Waals surface area contributed by atoms with Gasteiger partial charge in [-0.3, -0.25) is 0 Å². The standard InChI is InChI=1S/C13H20INS/c1-3-15-13(10-16-4-2)9-11-5-7-12(14)8-6-11/h5-8,13,15H,3-4,9-10H2,1-2H3. The van der Waals surface area contributed by atoms with Gasteiger partial charge in [0.2, 0.25) is 0 Å². The molecule has 0 aliphatic carbocycles. The van der Waals surface area contributed by atoms with Gasteiger partial charge in [0.05, 0.1) is 0 Å². The van der Waals surface area contributed by atoms with Crippen LogP contribution < -0.4 is 5.32 Å². The van der Waals surface area contributed by atoms with Crippen molar-refractivity contribution in [3.63, 3.8) is 0 Å². The summed E-state index contributed by atoms with van der Waals surface area (Å²) in [5, 5.41) is 3.56. The third-order valence-electron chi connectivity index (χ3n) is 2.41. The Morgan fingerprint density at radius 1 is 1.25 bits per heavy atom. The SMILES string of the molecule is CCNC(CSCC)Cc1ccc(I)cc1.